The van der Waals surface area contributed by atoms with Crippen molar-refractivity contribution < 1.29 is 14.5 Å². The number of hydrogen-bond acceptors (Lipinski definition) is 4. The summed E-state index contributed by atoms with van der Waals surface area (Å²) in [4.78, 5) is 39.8. The number of aryl methyl sites for hydroxylation is 1. The Balaban J connectivity index is 1.58. The van der Waals surface area contributed by atoms with Crippen LogP contribution in [0.25, 0.3) is 0 Å². The molecular weight excluding hydrogens is 472 g/mol. The average Bonchev–Trinajstić information content (AvgIpc) is 3.06. The summed E-state index contributed by atoms with van der Waals surface area (Å²) in [6.45, 7) is 1.64. The van der Waals surface area contributed by atoms with Gasteiger partial charge in [0.1, 0.15) is 0 Å². The number of benzene rings is 3. The Labute approximate surface area is 192 Å². The molecule has 0 saturated carbocycles. The van der Waals surface area contributed by atoms with Crippen molar-refractivity contribution in [3.63, 3.8) is 0 Å². The van der Waals surface area contributed by atoms with Gasteiger partial charge in [-0.05, 0) is 35.2 Å². The normalized spacial score (nSPS) is 27.2. The molecule has 0 N–H and O–H groups in total. The summed E-state index contributed by atoms with van der Waals surface area (Å²) in [6.07, 6.45) is 0. The second kappa shape index (κ2) is 6.36. The largest absolute Gasteiger partial charge is 0.274 e. The third-order valence-corrected chi connectivity index (χ3v) is 8.51. The highest BCUT2D eigenvalue weighted by Crippen LogP contribution is 2.66. The van der Waals surface area contributed by atoms with Gasteiger partial charge < -0.3 is 0 Å². The lowest BCUT2D eigenvalue weighted by atomic mass is 9.55. The van der Waals surface area contributed by atoms with E-state index in [1.165, 1.54) is 6.07 Å². The van der Waals surface area contributed by atoms with E-state index in [1.54, 1.807) is 19.1 Å². The van der Waals surface area contributed by atoms with Gasteiger partial charge in [-0.25, -0.2) is 4.90 Å². The molecule has 0 aromatic heterocycles. The molecule has 0 unspecified atom stereocenters. The third kappa shape index (κ3) is 2.19. The average molecular weight is 489 g/mol. The van der Waals surface area contributed by atoms with Crippen LogP contribution in [0.2, 0.25) is 0 Å². The number of nitrogens with zero attached hydrogens (tertiary/aromatic N) is 2. The fraction of sp³-hybridized carbons (Fsp3) is 0.200. The maximum atomic E-state index is 13.8. The Hall–Kier alpha value is -3.32. The van der Waals surface area contributed by atoms with Crippen molar-refractivity contribution >= 4 is 39.1 Å². The Bertz CT molecular complexity index is 1320. The molecule has 3 aromatic rings. The van der Waals surface area contributed by atoms with Gasteiger partial charge in [0.15, 0.2) is 0 Å². The molecule has 0 radical (unpaired) electrons. The lowest BCUT2D eigenvalue weighted by Crippen LogP contribution is -2.50. The van der Waals surface area contributed by atoms with Crippen LogP contribution in [0, 0.1) is 28.9 Å². The van der Waals surface area contributed by atoms with Gasteiger partial charge in [-0.15, -0.1) is 0 Å². The Morgan fingerprint density at radius 3 is 2.12 bits per heavy atom. The van der Waals surface area contributed by atoms with E-state index >= 15 is 0 Å². The number of nitro groups is 1. The molecule has 32 heavy (non-hydrogen) atoms. The van der Waals surface area contributed by atoms with Gasteiger partial charge in [0.05, 0.1) is 26.8 Å². The summed E-state index contributed by atoms with van der Waals surface area (Å²) >= 11 is 3.95. The Kier molecular flexibility index (Phi) is 3.85. The maximum absolute atomic E-state index is 13.8. The van der Waals surface area contributed by atoms with Gasteiger partial charge in [-0.3, -0.25) is 19.7 Å². The minimum absolute atomic E-state index is 0.110. The predicted octanol–water partition coefficient (Wildman–Crippen LogP) is 4.81. The van der Waals surface area contributed by atoms with Gasteiger partial charge in [-0.2, -0.15) is 0 Å². The number of imide groups is 1. The predicted molar refractivity (Wildman–Crippen MR) is 122 cm³/mol. The molecular formula is C25H17BrN2O4. The number of anilines is 1. The van der Waals surface area contributed by atoms with Crippen molar-refractivity contribution in [1.82, 2.24) is 0 Å². The molecule has 3 aliphatic carbocycles. The molecule has 3 aromatic carbocycles. The van der Waals surface area contributed by atoms with Crippen LogP contribution in [0.1, 0.15) is 33.7 Å². The van der Waals surface area contributed by atoms with E-state index in [0.29, 0.717) is 5.56 Å². The van der Waals surface area contributed by atoms with Gasteiger partial charge >= 0.3 is 0 Å². The topological polar surface area (TPSA) is 80.5 Å². The number of amides is 2. The second-order valence-corrected chi connectivity index (χ2v) is 9.86. The van der Waals surface area contributed by atoms with E-state index in [2.05, 4.69) is 15.9 Å². The summed E-state index contributed by atoms with van der Waals surface area (Å²) in [5.74, 6) is -2.09. The maximum Gasteiger partial charge on any atom is 0.274 e. The summed E-state index contributed by atoms with van der Waals surface area (Å²) in [7, 11) is 0. The molecule has 0 spiro atoms. The number of nitro benzene ring substituents is 1. The first kappa shape index (κ1) is 19.4. The molecule has 6 nitrogen and oxygen atoms in total. The van der Waals surface area contributed by atoms with Gasteiger partial charge in [0.2, 0.25) is 11.8 Å². The van der Waals surface area contributed by atoms with Crippen molar-refractivity contribution in [2.24, 2.45) is 11.8 Å². The van der Waals surface area contributed by atoms with E-state index in [-0.39, 0.29) is 29.1 Å². The van der Waals surface area contributed by atoms with Gasteiger partial charge in [-0.1, -0.05) is 70.5 Å². The highest BCUT2D eigenvalue weighted by atomic mass is 79.9. The molecule has 2 bridgehead atoms. The van der Waals surface area contributed by atoms with Crippen molar-refractivity contribution in [2.45, 2.75) is 17.2 Å². The molecule has 7 heteroatoms. The zero-order valence-electron chi connectivity index (χ0n) is 17.0. The molecule has 1 saturated heterocycles. The van der Waals surface area contributed by atoms with E-state index in [4.69, 9.17) is 0 Å². The third-order valence-electron chi connectivity index (χ3n) is 7.16. The first-order valence-corrected chi connectivity index (χ1v) is 11.2. The highest BCUT2D eigenvalue weighted by molar-refractivity contribution is 9.09. The fourth-order valence-corrected chi connectivity index (χ4v) is 7.07. The van der Waals surface area contributed by atoms with Crippen LogP contribution in [0.4, 0.5) is 11.4 Å². The van der Waals surface area contributed by atoms with E-state index < -0.39 is 21.1 Å². The summed E-state index contributed by atoms with van der Waals surface area (Å²) in [5.41, 5.74) is 4.71. The van der Waals surface area contributed by atoms with Crippen LogP contribution >= 0.6 is 15.9 Å². The molecule has 7 rings (SSSR count). The minimum atomic E-state index is -0.836. The van der Waals surface area contributed by atoms with Crippen molar-refractivity contribution in [2.75, 3.05) is 4.90 Å². The summed E-state index contributed by atoms with van der Waals surface area (Å²) in [5, 5.41) is 11.5. The Morgan fingerprint density at radius 1 is 0.938 bits per heavy atom. The van der Waals surface area contributed by atoms with Gasteiger partial charge in [0.25, 0.3) is 5.69 Å². The number of alkyl halides is 1. The van der Waals surface area contributed by atoms with E-state index in [1.807, 2.05) is 48.5 Å². The SMILES string of the molecule is Cc1ccc(N2C(=O)[C@@H]3C4c5ccccc5C(Br)(c5ccccc54)[C@@H]3C2=O)cc1[N+](=O)[O-]. The van der Waals surface area contributed by atoms with Crippen LogP contribution in [0.3, 0.4) is 0 Å². The molecule has 4 aliphatic rings. The molecule has 2 atom stereocenters. The molecule has 158 valence electrons. The van der Waals surface area contributed by atoms with Gasteiger partial charge in [0, 0.05) is 17.5 Å². The van der Waals surface area contributed by atoms with E-state index in [0.717, 1.165) is 27.2 Å². The monoisotopic (exact) mass is 488 g/mol. The fourth-order valence-electron chi connectivity index (χ4n) is 5.87. The molecule has 1 aliphatic heterocycles. The van der Waals surface area contributed by atoms with Crippen LogP contribution in [-0.2, 0) is 13.9 Å². The van der Waals surface area contributed by atoms with E-state index in [9.17, 15) is 19.7 Å². The second-order valence-electron chi connectivity index (χ2n) is 8.61. The summed E-state index contributed by atoms with van der Waals surface area (Å²) < 4.78 is -0.836. The highest BCUT2D eigenvalue weighted by Gasteiger charge is 2.67. The number of carbonyl (C=O) groups is 2. The number of rotatable bonds is 2. The first-order chi connectivity index (χ1) is 15.4. The standard InChI is InChI=1S/C25H17BrN2O4/c1-13-10-11-14(12-19(13)28(31)32)27-23(29)21-20-15-6-2-4-8-17(15)25(26,22(21)24(27)30)18-9-5-3-7-16(18)20/h2-12,20-22H,1H3/t20?,21-,22+,25?/m1/s1. The quantitative estimate of drug-likeness (QED) is 0.224. The van der Waals surface area contributed by atoms with Crippen LogP contribution in [0.15, 0.2) is 66.7 Å². The molecule has 1 fully saturated rings. The van der Waals surface area contributed by atoms with Crippen LogP contribution in [-0.4, -0.2) is 16.7 Å². The lowest BCUT2D eigenvalue weighted by Gasteiger charge is -2.51. The lowest BCUT2D eigenvalue weighted by molar-refractivity contribution is -0.385. The first-order valence-electron chi connectivity index (χ1n) is 10.4. The molecule has 1 heterocycles. The van der Waals surface area contributed by atoms with Crippen molar-refractivity contribution in [3.05, 3.63) is 105 Å². The number of halogens is 1. The minimum Gasteiger partial charge on any atom is -0.274 e. The van der Waals surface area contributed by atoms with Crippen molar-refractivity contribution in [1.29, 1.82) is 0 Å². The number of carbonyl (C=O) groups excluding carboxylic acids is 2. The summed E-state index contributed by atoms with van der Waals surface area (Å²) in [6, 6.07) is 20.4. The van der Waals surface area contributed by atoms with Crippen LogP contribution < -0.4 is 4.90 Å². The number of hydrogen-bond donors (Lipinski definition) is 0. The van der Waals surface area contributed by atoms with Crippen LogP contribution in [0.5, 0.6) is 0 Å². The Morgan fingerprint density at radius 2 is 1.53 bits per heavy atom. The smallest absolute Gasteiger partial charge is 0.274 e. The van der Waals surface area contributed by atoms with Crippen molar-refractivity contribution in [3.8, 4) is 0 Å². The zero-order chi connectivity index (χ0) is 22.4. The molecule has 2 amide bonds. The zero-order valence-corrected chi connectivity index (χ0v) is 18.6.